The Kier molecular flexibility index (Phi) is 7.55. The van der Waals surface area contributed by atoms with Crippen LogP contribution in [0.2, 0.25) is 0 Å². The van der Waals surface area contributed by atoms with E-state index in [-0.39, 0.29) is 11.8 Å². The molecule has 0 bridgehead atoms. The molecule has 0 aliphatic carbocycles. The first-order chi connectivity index (χ1) is 9.71. The monoisotopic (exact) mass is 279 g/mol. The van der Waals surface area contributed by atoms with Gasteiger partial charge in [-0.15, -0.1) is 0 Å². The van der Waals surface area contributed by atoms with Gasteiger partial charge in [0.1, 0.15) is 18.1 Å². The average molecular weight is 279 g/mol. The molecule has 1 aromatic carbocycles. The third-order valence-electron chi connectivity index (χ3n) is 3.14. The number of benzene rings is 1. The third-order valence-corrected chi connectivity index (χ3v) is 3.14. The van der Waals surface area contributed by atoms with Crippen LogP contribution in [0.5, 0.6) is 11.5 Å². The summed E-state index contributed by atoms with van der Waals surface area (Å²) in [6, 6.07) is 7.52. The van der Waals surface area contributed by atoms with Gasteiger partial charge in [0.15, 0.2) is 0 Å². The van der Waals surface area contributed by atoms with Crippen LogP contribution in [-0.2, 0) is 4.79 Å². The van der Waals surface area contributed by atoms with E-state index in [0.717, 1.165) is 24.3 Å². The first-order valence-electron chi connectivity index (χ1n) is 7.34. The average Bonchev–Trinajstić information content (AvgIpc) is 2.46. The van der Waals surface area contributed by atoms with Crippen LogP contribution in [-0.4, -0.2) is 25.7 Å². The Balaban J connectivity index is 2.30. The van der Waals surface area contributed by atoms with E-state index in [1.165, 1.54) is 0 Å². The van der Waals surface area contributed by atoms with Crippen LogP contribution in [0.4, 0.5) is 0 Å². The van der Waals surface area contributed by atoms with Gasteiger partial charge >= 0.3 is 0 Å². The van der Waals surface area contributed by atoms with Gasteiger partial charge in [0, 0.05) is 12.0 Å². The van der Waals surface area contributed by atoms with Crippen molar-refractivity contribution >= 4 is 5.91 Å². The van der Waals surface area contributed by atoms with Crippen molar-refractivity contribution in [2.24, 2.45) is 5.92 Å². The zero-order valence-corrected chi connectivity index (χ0v) is 12.6. The molecule has 1 rings (SSSR count). The summed E-state index contributed by atoms with van der Waals surface area (Å²) >= 11 is 0. The van der Waals surface area contributed by atoms with E-state index in [1.54, 1.807) is 0 Å². The Morgan fingerprint density at radius 1 is 1.15 bits per heavy atom. The molecule has 0 radical (unpaired) electrons. The van der Waals surface area contributed by atoms with Crippen LogP contribution < -0.4 is 14.8 Å². The Labute approximate surface area is 121 Å². The maximum atomic E-state index is 11.8. The van der Waals surface area contributed by atoms with Crippen LogP contribution in [0.15, 0.2) is 24.3 Å². The Morgan fingerprint density at radius 2 is 1.80 bits per heavy atom. The van der Waals surface area contributed by atoms with Crippen molar-refractivity contribution in [1.29, 1.82) is 0 Å². The number of carbonyl (C=O) groups excluding carboxylic acids is 1. The lowest BCUT2D eigenvalue weighted by atomic mass is 10.0. The van der Waals surface area contributed by atoms with Crippen LogP contribution >= 0.6 is 0 Å². The minimum absolute atomic E-state index is 0.108. The minimum atomic E-state index is 0.108. The fourth-order valence-electron chi connectivity index (χ4n) is 1.97. The van der Waals surface area contributed by atoms with E-state index in [4.69, 9.17) is 9.47 Å². The van der Waals surface area contributed by atoms with Gasteiger partial charge in [0.2, 0.25) is 5.91 Å². The normalized spacial score (nSPS) is 10.4. The van der Waals surface area contributed by atoms with Crippen molar-refractivity contribution in [2.45, 2.75) is 33.6 Å². The van der Waals surface area contributed by atoms with Crippen molar-refractivity contribution in [3.05, 3.63) is 24.3 Å². The fraction of sp³-hybridized carbons (Fsp3) is 0.562. The highest BCUT2D eigenvalue weighted by atomic mass is 16.5. The summed E-state index contributed by atoms with van der Waals surface area (Å²) in [7, 11) is 0. The van der Waals surface area contributed by atoms with Gasteiger partial charge in [0.25, 0.3) is 0 Å². The van der Waals surface area contributed by atoms with Gasteiger partial charge in [-0.3, -0.25) is 4.79 Å². The zero-order chi connectivity index (χ0) is 14.8. The molecular formula is C16H25NO3. The fourth-order valence-corrected chi connectivity index (χ4v) is 1.97. The van der Waals surface area contributed by atoms with Gasteiger partial charge in [0.05, 0.1) is 13.2 Å². The maximum absolute atomic E-state index is 11.8. The van der Waals surface area contributed by atoms with Crippen LogP contribution in [0.25, 0.3) is 0 Å². The van der Waals surface area contributed by atoms with Crippen LogP contribution in [0.3, 0.4) is 0 Å². The van der Waals surface area contributed by atoms with Gasteiger partial charge in [-0.2, -0.15) is 0 Å². The molecule has 0 fully saturated rings. The molecule has 0 aliphatic heterocycles. The van der Waals surface area contributed by atoms with Gasteiger partial charge < -0.3 is 14.8 Å². The van der Waals surface area contributed by atoms with Gasteiger partial charge in [-0.05, 0) is 31.9 Å². The van der Waals surface area contributed by atoms with Crippen molar-refractivity contribution < 1.29 is 14.3 Å². The highest BCUT2D eigenvalue weighted by molar-refractivity contribution is 5.78. The predicted molar refractivity (Wildman–Crippen MR) is 80.2 cm³/mol. The number of hydrogen-bond donors (Lipinski definition) is 1. The predicted octanol–water partition coefficient (Wildman–Crippen LogP) is 3.02. The summed E-state index contributed by atoms with van der Waals surface area (Å²) in [5.41, 5.74) is 0. The van der Waals surface area contributed by atoms with Crippen molar-refractivity contribution in [1.82, 2.24) is 5.32 Å². The second-order valence-electron chi connectivity index (χ2n) is 4.56. The molecule has 0 atom stereocenters. The molecule has 4 heteroatoms. The zero-order valence-electron chi connectivity index (χ0n) is 12.6. The summed E-state index contributed by atoms with van der Waals surface area (Å²) in [6.07, 6.45) is 1.75. The summed E-state index contributed by atoms with van der Waals surface area (Å²) in [6.45, 7) is 7.62. The molecule has 4 nitrogen and oxygen atoms in total. The van der Waals surface area contributed by atoms with Crippen molar-refractivity contribution in [3.63, 3.8) is 0 Å². The Morgan fingerprint density at radius 3 is 2.40 bits per heavy atom. The number of ether oxygens (including phenoxy) is 2. The first kappa shape index (κ1) is 16.3. The topological polar surface area (TPSA) is 47.6 Å². The van der Waals surface area contributed by atoms with E-state index in [0.29, 0.717) is 19.8 Å². The lowest BCUT2D eigenvalue weighted by molar-refractivity contribution is -0.125. The van der Waals surface area contributed by atoms with Crippen molar-refractivity contribution in [3.8, 4) is 11.5 Å². The molecule has 1 amide bonds. The van der Waals surface area contributed by atoms with Crippen LogP contribution in [0, 0.1) is 5.92 Å². The Bertz CT molecular complexity index is 402. The highest BCUT2D eigenvalue weighted by Gasteiger charge is 2.12. The van der Waals surface area contributed by atoms with Crippen LogP contribution in [0.1, 0.15) is 33.6 Å². The Hall–Kier alpha value is -1.71. The van der Waals surface area contributed by atoms with E-state index in [1.807, 2.05) is 45.0 Å². The molecule has 0 saturated carbocycles. The molecule has 1 aromatic rings. The highest BCUT2D eigenvalue weighted by Crippen LogP contribution is 2.19. The molecule has 0 spiro atoms. The number of nitrogens with one attached hydrogen (secondary N) is 1. The molecular weight excluding hydrogens is 254 g/mol. The number of hydrogen-bond acceptors (Lipinski definition) is 3. The smallest absolute Gasteiger partial charge is 0.223 e. The van der Waals surface area contributed by atoms with Gasteiger partial charge in [-0.1, -0.05) is 19.9 Å². The quantitative estimate of drug-likeness (QED) is 0.707. The third kappa shape index (κ3) is 5.51. The molecule has 1 N–H and O–H groups in total. The molecule has 0 heterocycles. The van der Waals surface area contributed by atoms with E-state index < -0.39 is 0 Å². The number of rotatable bonds is 9. The van der Waals surface area contributed by atoms with E-state index in [9.17, 15) is 4.79 Å². The summed E-state index contributed by atoms with van der Waals surface area (Å²) in [4.78, 5) is 11.8. The summed E-state index contributed by atoms with van der Waals surface area (Å²) < 4.78 is 11.0. The standard InChI is InChI=1S/C16H25NO3/c1-4-13(5-2)16(18)17-10-11-20-15-9-7-8-14(12-15)19-6-3/h7-9,12-13H,4-6,10-11H2,1-3H3,(H,17,18). The lowest BCUT2D eigenvalue weighted by Crippen LogP contribution is -2.33. The molecule has 20 heavy (non-hydrogen) atoms. The molecule has 0 saturated heterocycles. The molecule has 0 aliphatic rings. The minimum Gasteiger partial charge on any atom is -0.494 e. The van der Waals surface area contributed by atoms with E-state index in [2.05, 4.69) is 5.32 Å². The largest absolute Gasteiger partial charge is 0.494 e. The van der Waals surface area contributed by atoms with E-state index >= 15 is 0 Å². The number of carbonyl (C=O) groups is 1. The molecule has 0 aromatic heterocycles. The maximum Gasteiger partial charge on any atom is 0.223 e. The SMILES string of the molecule is CCOc1cccc(OCCNC(=O)C(CC)CC)c1. The molecule has 112 valence electrons. The van der Waals surface area contributed by atoms with Gasteiger partial charge in [-0.25, -0.2) is 0 Å². The van der Waals surface area contributed by atoms with Crippen molar-refractivity contribution in [2.75, 3.05) is 19.8 Å². The summed E-state index contributed by atoms with van der Waals surface area (Å²) in [5.74, 6) is 1.77. The number of amides is 1. The second kappa shape index (κ2) is 9.23. The summed E-state index contributed by atoms with van der Waals surface area (Å²) in [5, 5.41) is 2.90. The molecule has 0 unspecified atom stereocenters. The first-order valence-corrected chi connectivity index (χ1v) is 7.34. The second-order valence-corrected chi connectivity index (χ2v) is 4.56. The lowest BCUT2D eigenvalue weighted by Gasteiger charge is -2.13.